The Hall–Kier alpha value is -3.60. The second-order valence-corrected chi connectivity index (χ2v) is 7.16. The number of rotatable bonds is 3. The smallest absolute Gasteiger partial charge is 0.159 e. The third-order valence-corrected chi connectivity index (χ3v) is 5.31. The van der Waals surface area contributed by atoms with Crippen molar-refractivity contribution in [3.8, 4) is 11.1 Å². The standard InChI is InChI=1S/C24H19FN4/c1-16-23(19-7-9-20(25)10-8-19)24-27-21(17-5-3-2-4-6-17)15-22(29(24)28-16)18-11-13-26-14-12-18/h2-14,22H,15H2,1H3/t22-/m1/s1. The van der Waals surface area contributed by atoms with Gasteiger partial charge in [-0.05, 0) is 47.9 Å². The lowest BCUT2D eigenvalue weighted by atomic mass is 9.96. The molecule has 0 saturated carbocycles. The summed E-state index contributed by atoms with van der Waals surface area (Å²) in [7, 11) is 0. The summed E-state index contributed by atoms with van der Waals surface area (Å²) in [5, 5.41) is 4.83. The van der Waals surface area contributed by atoms with Crippen molar-refractivity contribution < 1.29 is 4.39 Å². The molecule has 0 radical (unpaired) electrons. The molecule has 142 valence electrons. The SMILES string of the molecule is Cc1nn2c(c1-c1ccc(F)cc1)N=C(c1ccccc1)C[C@@H]2c1ccncc1. The minimum absolute atomic E-state index is 0.0219. The zero-order chi connectivity index (χ0) is 19.8. The van der Waals surface area contributed by atoms with E-state index in [9.17, 15) is 4.39 Å². The van der Waals surface area contributed by atoms with E-state index in [0.717, 1.165) is 45.9 Å². The number of halogens is 1. The van der Waals surface area contributed by atoms with Gasteiger partial charge in [-0.2, -0.15) is 5.10 Å². The van der Waals surface area contributed by atoms with Gasteiger partial charge in [-0.15, -0.1) is 0 Å². The fourth-order valence-electron chi connectivity index (χ4n) is 3.91. The molecule has 1 aliphatic heterocycles. The third-order valence-electron chi connectivity index (χ3n) is 5.31. The highest BCUT2D eigenvalue weighted by Gasteiger charge is 2.29. The molecule has 4 aromatic rings. The van der Waals surface area contributed by atoms with Gasteiger partial charge in [-0.3, -0.25) is 4.98 Å². The molecule has 5 heteroatoms. The lowest BCUT2D eigenvalue weighted by Gasteiger charge is -2.25. The zero-order valence-corrected chi connectivity index (χ0v) is 16.0. The molecule has 0 bridgehead atoms. The van der Waals surface area contributed by atoms with Crippen LogP contribution in [0.15, 0.2) is 84.1 Å². The molecule has 0 unspecified atom stereocenters. The van der Waals surface area contributed by atoms with Gasteiger partial charge in [0.05, 0.1) is 17.4 Å². The Morgan fingerprint density at radius 2 is 1.62 bits per heavy atom. The molecule has 4 nitrogen and oxygen atoms in total. The Balaban J connectivity index is 1.72. The van der Waals surface area contributed by atoms with Crippen LogP contribution in [0.3, 0.4) is 0 Å². The van der Waals surface area contributed by atoms with Crippen LogP contribution in [0.5, 0.6) is 0 Å². The second-order valence-electron chi connectivity index (χ2n) is 7.16. The van der Waals surface area contributed by atoms with Crippen molar-refractivity contribution in [3.05, 3.63) is 102 Å². The molecule has 0 amide bonds. The molecule has 5 rings (SSSR count). The predicted molar refractivity (Wildman–Crippen MR) is 112 cm³/mol. The number of benzene rings is 2. The Morgan fingerprint density at radius 1 is 0.897 bits per heavy atom. The molecular weight excluding hydrogens is 363 g/mol. The van der Waals surface area contributed by atoms with E-state index in [1.165, 1.54) is 12.1 Å². The van der Waals surface area contributed by atoms with Gasteiger partial charge in [0, 0.05) is 24.4 Å². The largest absolute Gasteiger partial charge is 0.265 e. The highest BCUT2D eigenvalue weighted by Crippen LogP contribution is 2.41. The van der Waals surface area contributed by atoms with Gasteiger partial charge in [-0.1, -0.05) is 42.5 Å². The zero-order valence-electron chi connectivity index (χ0n) is 16.0. The number of nitrogens with zero attached hydrogens (tertiary/aromatic N) is 4. The Bertz CT molecular complexity index is 1180. The van der Waals surface area contributed by atoms with Crippen molar-refractivity contribution in [2.24, 2.45) is 4.99 Å². The van der Waals surface area contributed by atoms with Crippen molar-refractivity contribution in [2.75, 3.05) is 0 Å². The van der Waals surface area contributed by atoms with Crippen LogP contribution in [0.1, 0.15) is 29.3 Å². The van der Waals surface area contributed by atoms with Gasteiger partial charge in [0.15, 0.2) is 5.82 Å². The van der Waals surface area contributed by atoms with Gasteiger partial charge in [0.1, 0.15) is 5.82 Å². The molecular formula is C24H19FN4. The van der Waals surface area contributed by atoms with E-state index in [2.05, 4.69) is 17.1 Å². The van der Waals surface area contributed by atoms with Crippen LogP contribution in [-0.4, -0.2) is 20.5 Å². The lowest BCUT2D eigenvalue weighted by molar-refractivity contribution is 0.529. The quantitative estimate of drug-likeness (QED) is 0.469. The van der Waals surface area contributed by atoms with E-state index in [0.29, 0.717) is 0 Å². The van der Waals surface area contributed by atoms with E-state index in [-0.39, 0.29) is 11.9 Å². The van der Waals surface area contributed by atoms with Gasteiger partial charge in [-0.25, -0.2) is 14.1 Å². The highest BCUT2D eigenvalue weighted by molar-refractivity contribution is 6.04. The first-order valence-corrected chi connectivity index (χ1v) is 9.58. The van der Waals surface area contributed by atoms with Gasteiger partial charge in [0.25, 0.3) is 0 Å². The third kappa shape index (κ3) is 3.14. The summed E-state index contributed by atoms with van der Waals surface area (Å²) in [4.78, 5) is 9.18. The number of fused-ring (bicyclic) bond motifs is 1. The van der Waals surface area contributed by atoms with Gasteiger partial charge < -0.3 is 0 Å². The Morgan fingerprint density at radius 3 is 2.34 bits per heavy atom. The minimum Gasteiger partial charge on any atom is -0.265 e. The number of hydrogen-bond acceptors (Lipinski definition) is 3. The van der Waals surface area contributed by atoms with Crippen LogP contribution in [0.2, 0.25) is 0 Å². The molecule has 0 saturated heterocycles. The fourth-order valence-corrected chi connectivity index (χ4v) is 3.91. The summed E-state index contributed by atoms with van der Waals surface area (Å²) in [5.41, 5.74) is 5.99. The molecule has 0 spiro atoms. The Kier molecular flexibility index (Phi) is 4.28. The first kappa shape index (κ1) is 17.5. The second kappa shape index (κ2) is 7.09. The Labute approximate surface area is 168 Å². The summed E-state index contributed by atoms with van der Waals surface area (Å²) in [5.74, 6) is 0.552. The lowest BCUT2D eigenvalue weighted by Crippen LogP contribution is -2.21. The molecule has 0 fully saturated rings. The molecule has 2 aromatic heterocycles. The van der Waals surface area contributed by atoms with E-state index >= 15 is 0 Å². The average molecular weight is 382 g/mol. The minimum atomic E-state index is -0.254. The molecule has 1 aliphatic rings. The molecule has 29 heavy (non-hydrogen) atoms. The van der Waals surface area contributed by atoms with E-state index in [1.54, 1.807) is 24.5 Å². The normalized spacial score (nSPS) is 15.7. The first-order valence-electron chi connectivity index (χ1n) is 9.58. The first-order chi connectivity index (χ1) is 14.2. The van der Waals surface area contributed by atoms with Crippen LogP contribution in [0.25, 0.3) is 11.1 Å². The van der Waals surface area contributed by atoms with Gasteiger partial charge >= 0.3 is 0 Å². The predicted octanol–water partition coefficient (Wildman–Crippen LogP) is 5.51. The van der Waals surface area contributed by atoms with Crippen molar-refractivity contribution in [1.29, 1.82) is 0 Å². The average Bonchev–Trinajstić information content (AvgIpc) is 3.10. The summed E-state index contributed by atoms with van der Waals surface area (Å²) >= 11 is 0. The van der Waals surface area contributed by atoms with Gasteiger partial charge in [0.2, 0.25) is 0 Å². The molecule has 3 heterocycles. The number of aromatic nitrogens is 3. The highest BCUT2D eigenvalue weighted by atomic mass is 19.1. The molecule has 2 aromatic carbocycles. The van der Waals surface area contributed by atoms with Crippen LogP contribution < -0.4 is 0 Å². The van der Waals surface area contributed by atoms with Crippen LogP contribution in [0, 0.1) is 12.7 Å². The summed E-state index contributed by atoms with van der Waals surface area (Å²) < 4.78 is 15.5. The monoisotopic (exact) mass is 382 g/mol. The van der Waals surface area contributed by atoms with Crippen LogP contribution >= 0.6 is 0 Å². The molecule has 0 aliphatic carbocycles. The topological polar surface area (TPSA) is 43.1 Å². The molecule has 1 atom stereocenters. The maximum Gasteiger partial charge on any atom is 0.159 e. The number of pyridine rings is 1. The number of aryl methyl sites for hydroxylation is 1. The van der Waals surface area contributed by atoms with Crippen molar-refractivity contribution in [1.82, 2.24) is 14.8 Å². The maximum atomic E-state index is 13.5. The van der Waals surface area contributed by atoms with Crippen molar-refractivity contribution in [3.63, 3.8) is 0 Å². The fraction of sp³-hybridized carbons (Fsp3) is 0.125. The van der Waals surface area contributed by atoms with E-state index in [1.807, 2.05) is 41.9 Å². The number of hydrogen-bond donors (Lipinski definition) is 0. The van der Waals surface area contributed by atoms with E-state index in [4.69, 9.17) is 10.1 Å². The summed E-state index contributed by atoms with van der Waals surface area (Å²) in [6, 6.07) is 20.8. The van der Waals surface area contributed by atoms with Crippen molar-refractivity contribution >= 4 is 11.5 Å². The van der Waals surface area contributed by atoms with Crippen LogP contribution in [0.4, 0.5) is 10.2 Å². The molecule has 0 N–H and O–H groups in total. The van der Waals surface area contributed by atoms with Crippen LogP contribution in [-0.2, 0) is 0 Å². The van der Waals surface area contributed by atoms with E-state index < -0.39 is 0 Å². The number of aliphatic imine (C=N–C) groups is 1. The summed E-state index contributed by atoms with van der Waals surface area (Å²) in [6.07, 6.45) is 4.35. The maximum absolute atomic E-state index is 13.5. The van der Waals surface area contributed by atoms with Crippen molar-refractivity contribution in [2.45, 2.75) is 19.4 Å². The summed E-state index contributed by atoms with van der Waals surface area (Å²) in [6.45, 7) is 1.98.